The van der Waals surface area contributed by atoms with Gasteiger partial charge in [-0.05, 0) is 12.1 Å². The van der Waals surface area contributed by atoms with Crippen molar-refractivity contribution in [2.45, 2.75) is 6.54 Å². The molecule has 0 heterocycles. The molecular weight excluding hydrogens is 178 g/mol. The molecule has 0 fully saturated rings. The summed E-state index contributed by atoms with van der Waals surface area (Å²) >= 11 is 0. The van der Waals surface area contributed by atoms with Crippen molar-refractivity contribution in [3.63, 3.8) is 0 Å². The zero-order valence-corrected chi connectivity index (χ0v) is 8.82. The number of carboxylic acid groups (broad SMARTS) is 1. The number of aromatic carboxylic acids is 1. The van der Waals surface area contributed by atoms with E-state index < -0.39 is 5.97 Å². The second-order valence-corrected chi connectivity index (χ2v) is 4.45. The second kappa shape index (κ2) is 3.80. The Labute approximate surface area is 84.2 Å². The van der Waals surface area contributed by atoms with E-state index >= 15 is 0 Å². The lowest BCUT2D eigenvalue weighted by Crippen LogP contribution is -2.33. The fourth-order valence-electron chi connectivity index (χ4n) is 1.35. The standard InChI is InChI=1S/C11H15NO2/c1-12(2,3)8-9-5-4-6-10(7-9)11(13)14/h4-7H,8H2,1-3H3/p+1. The van der Waals surface area contributed by atoms with Crippen LogP contribution in [0, 0.1) is 0 Å². The van der Waals surface area contributed by atoms with Crippen molar-refractivity contribution in [2.24, 2.45) is 0 Å². The maximum atomic E-state index is 10.7. The fraction of sp³-hybridized carbons (Fsp3) is 0.364. The summed E-state index contributed by atoms with van der Waals surface area (Å²) in [7, 11) is 6.23. The molecule has 76 valence electrons. The van der Waals surface area contributed by atoms with Gasteiger partial charge < -0.3 is 9.59 Å². The van der Waals surface area contributed by atoms with E-state index in [1.165, 1.54) is 0 Å². The molecule has 0 aliphatic carbocycles. The number of quaternary nitrogens is 1. The molecule has 3 heteroatoms. The van der Waals surface area contributed by atoms with Crippen LogP contribution in [0.3, 0.4) is 0 Å². The number of carboxylic acids is 1. The van der Waals surface area contributed by atoms with Gasteiger partial charge in [0.15, 0.2) is 0 Å². The summed E-state index contributed by atoms with van der Waals surface area (Å²) < 4.78 is 0.795. The van der Waals surface area contributed by atoms with Crippen LogP contribution < -0.4 is 0 Å². The number of carbonyl (C=O) groups is 1. The molecule has 0 saturated heterocycles. The van der Waals surface area contributed by atoms with Crippen molar-refractivity contribution in [1.29, 1.82) is 0 Å². The molecule has 0 radical (unpaired) electrons. The quantitative estimate of drug-likeness (QED) is 0.742. The molecule has 1 N–H and O–H groups in total. The van der Waals surface area contributed by atoms with Crippen molar-refractivity contribution in [3.05, 3.63) is 35.4 Å². The first-order valence-electron chi connectivity index (χ1n) is 4.51. The van der Waals surface area contributed by atoms with Crippen molar-refractivity contribution in [1.82, 2.24) is 0 Å². The fourth-order valence-corrected chi connectivity index (χ4v) is 1.35. The Kier molecular flexibility index (Phi) is 2.91. The SMILES string of the molecule is C[N+](C)(C)Cc1cccc(C(=O)O)c1. The highest BCUT2D eigenvalue weighted by atomic mass is 16.4. The number of hydrogen-bond donors (Lipinski definition) is 1. The Morgan fingerprint density at radius 1 is 1.36 bits per heavy atom. The number of rotatable bonds is 3. The first-order chi connectivity index (χ1) is 6.38. The Bertz CT molecular complexity index is 339. The molecule has 0 spiro atoms. The summed E-state index contributed by atoms with van der Waals surface area (Å²) in [6.07, 6.45) is 0. The van der Waals surface area contributed by atoms with Gasteiger partial charge in [-0.1, -0.05) is 12.1 Å². The smallest absolute Gasteiger partial charge is 0.335 e. The monoisotopic (exact) mass is 194 g/mol. The Hall–Kier alpha value is -1.35. The summed E-state index contributed by atoms with van der Waals surface area (Å²) in [4.78, 5) is 10.7. The summed E-state index contributed by atoms with van der Waals surface area (Å²) in [6, 6.07) is 7.08. The van der Waals surface area contributed by atoms with Crippen LogP contribution in [0.4, 0.5) is 0 Å². The van der Waals surface area contributed by atoms with Crippen LogP contribution in [0.15, 0.2) is 24.3 Å². The molecule has 1 aromatic rings. The van der Waals surface area contributed by atoms with Gasteiger partial charge in [0.25, 0.3) is 0 Å². The molecule has 0 aromatic heterocycles. The van der Waals surface area contributed by atoms with E-state index in [4.69, 9.17) is 5.11 Å². The average molecular weight is 194 g/mol. The molecule has 0 amide bonds. The molecule has 0 aliphatic rings. The van der Waals surface area contributed by atoms with Crippen LogP contribution in [0.5, 0.6) is 0 Å². The van der Waals surface area contributed by atoms with Gasteiger partial charge in [0.2, 0.25) is 0 Å². The second-order valence-electron chi connectivity index (χ2n) is 4.45. The van der Waals surface area contributed by atoms with Crippen molar-refractivity contribution >= 4 is 5.97 Å². The molecule has 1 rings (SSSR count). The minimum absolute atomic E-state index is 0.357. The minimum atomic E-state index is -0.867. The molecular formula is C11H16NO2+. The van der Waals surface area contributed by atoms with Crippen LogP contribution in [-0.4, -0.2) is 36.7 Å². The first kappa shape index (κ1) is 10.7. The average Bonchev–Trinajstić information content (AvgIpc) is 2.01. The molecule has 14 heavy (non-hydrogen) atoms. The lowest BCUT2D eigenvalue weighted by molar-refractivity contribution is -0.884. The van der Waals surface area contributed by atoms with Gasteiger partial charge in [0.1, 0.15) is 6.54 Å². The van der Waals surface area contributed by atoms with Crippen molar-refractivity contribution < 1.29 is 14.4 Å². The van der Waals surface area contributed by atoms with E-state index in [1.807, 2.05) is 6.07 Å². The topological polar surface area (TPSA) is 37.3 Å². The Balaban J connectivity index is 2.89. The first-order valence-corrected chi connectivity index (χ1v) is 4.51. The number of nitrogens with zero attached hydrogens (tertiary/aromatic N) is 1. The molecule has 0 bridgehead atoms. The highest BCUT2D eigenvalue weighted by Crippen LogP contribution is 2.09. The third-order valence-electron chi connectivity index (χ3n) is 1.83. The highest BCUT2D eigenvalue weighted by Gasteiger charge is 2.10. The lowest BCUT2D eigenvalue weighted by atomic mass is 10.1. The maximum absolute atomic E-state index is 10.7. The molecule has 0 saturated carbocycles. The van der Waals surface area contributed by atoms with Crippen LogP contribution in [-0.2, 0) is 6.54 Å². The number of hydrogen-bond acceptors (Lipinski definition) is 1. The van der Waals surface area contributed by atoms with Gasteiger partial charge >= 0.3 is 5.97 Å². The van der Waals surface area contributed by atoms with Gasteiger partial charge in [0, 0.05) is 5.56 Å². The van der Waals surface area contributed by atoms with E-state index in [0.717, 1.165) is 16.6 Å². The van der Waals surface area contributed by atoms with Crippen molar-refractivity contribution in [2.75, 3.05) is 21.1 Å². The van der Waals surface area contributed by atoms with Crippen LogP contribution in [0.25, 0.3) is 0 Å². The van der Waals surface area contributed by atoms with Gasteiger partial charge in [-0.2, -0.15) is 0 Å². The minimum Gasteiger partial charge on any atom is -0.478 e. The van der Waals surface area contributed by atoms with Crippen LogP contribution in [0.1, 0.15) is 15.9 Å². The van der Waals surface area contributed by atoms with E-state index in [0.29, 0.717) is 5.56 Å². The molecule has 1 aromatic carbocycles. The van der Waals surface area contributed by atoms with Gasteiger partial charge in [0.05, 0.1) is 26.7 Å². The van der Waals surface area contributed by atoms with Gasteiger partial charge in [-0.15, -0.1) is 0 Å². The van der Waals surface area contributed by atoms with Crippen molar-refractivity contribution in [3.8, 4) is 0 Å². The molecule has 0 unspecified atom stereocenters. The Morgan fingerprint density at radius 2 is 2.00 bits per heavy atom. The predicted molar refractivity (Wildman–Crippen MR) is 55.1 cm³/mol. The molecule has 0 aliphatic heterocycles. The highest BCUT2D eigenvalue weighted by molar-refractivity contribution is 5.87. The zero-order valence-electron chi connectivity index (χ0n) is 8.82. The Morgan fingerprint density at radius 3 is 2.50 bits per heavy atom. The summed E-state index contributed by atoms with van der Waals surface area (Å²) in [5.41, 5.74) is 1.41. The zero-order chi connectivity index (χ0) is 10.8. The number of benzene rings is 1. The van der Waals surface area contributed by atoms with Crippen LogP contribution in [0.2, 0.25) is 0 Å². The van der Waals surface area contributed by atoms with E-state index in [2.05, 4.69) is 21.1 Å². The summed E-state index contributed by atoms with van der Waals surface area (Å²) in [5.74, 6) is -0.867. The molecule has 0 atom stereocenters. The largest absolute Gasteiger partial charge is 0.478 e. The lowest BCUT2D eigenvalue weighted by Gasteiger charge is -2.23. The molecule has 3 nitrogen and oxygen atoms in total. The van der Waals surface area contributed by atoms with E-state index in [9.17, 15) is 4.79 Å². The van der Waals surface area contributed by atoms with E-state index in [1.54, 1.807) is 18.2 Å². The maximum Gasteiger partial charge on any atom is 0.335 e. The van der Waals surface area contributed by atoms with Gasteiger partial charge in [-0.25, -0.2) is 4.79 Å². The van der Waals surface area contributed by atoms with Crippen LogP contribution >= 0.6 is 0 Å². The summed E-state index contributed by atoms with van der Waals surface area (Å²) in [5, 5.41) is 8.80. The third kappa shape index (κ3) is 3.18. The third-order valence-corrected chi connectivity index (χ3v) is 1.83. The normalized spacial score (nSPS) is 11.4. The summed E-state index contributed by atoms with van der Waals surface area (Å²) in [6.45, 7) is 0.834. The van der Waals surface area contributed by atoms with E-state index in [-0.39, 0.29) is 0 Å². The van der Waals surface area contributed by atoms with Gasteiger partial charge in [-0.3, -0.25) is 0 Å². The predicted octanol–water partition coefficient (Wildman–Crippen LogP) is 1.59.